The molecular weight excluding hydrogens is 232 g/mol. The predicted octanol–water partition coefficient (Wildman–Crippen LogP) is 1.44. The molecule has 1 heterocycles. The van der Waals surface area contributed by atoms with E-state index in [4.69, 9.17) is 4.42 Å². The molecule has 1 atom stereocenters. The number of furan rings is 1. The lowest BCUT2D eigenvalue weighted by Crippen LogP contribution is -2.39. The Kier molecular flexibility index (Phi) is 4.71. The highest BCUT2D eigenvalue weighted by Gasteiger charge is 2.21. The van der Waals surface area contributed by atoms with Crippen molar-refractivity contribution in [2.75, 3.05) is 20.6 Å². The van der Waals surface area contributed by atoms with Crippen molar-refractivity contribution in [1.82, 2.24) is 9.80 Å². The second kappa shape index (κ2) is 6.05. The Balaban J connectivity index is 2.61. The topological polar surface area (TPSA) is 53.8 Å². The van der Waals surface area contributed by atoms with E-state index in [1.54, 1.807) is 31.3 Å². The lowest BCUT2D eigenvalue weighted by atomic mass is 10.2. The van der Waals surface area contributed by atoms with Gasteiger partial charge in [-0.3, -0.25) is 9.59 Å². The van der Waals surface area contributed by atoms with Gasteiger partial charge in [-0.2, -0.15) is 0 Å². The van der Waals surface area contributed by atoms with E-state index in [1.165, 1.54) is 11.0 Å². The van der Waals surface area contributed by atoms with E-state index < -0.39 is 0 Å². The third-order valence-corrected chi connectivity index (χ3v) is 2.85. The zero-order valence-electron chi connectivity index (χ0n) is 10.9. The van der Waals surface area contributed by atoms with E-state index in [9.17, 15) is 9.59 Å². The van der Waals surface area contributed by atoms with E-state index >= 15 is 0 Å². The van der Waals surface area contributed by atoms with Gasteiger partial charge in [-0.05, 0) is 25.1 Å². The van der Waals surface area contributed by atoms with Gasteiger partial charge in [0.2, 0.25) is 11.8 Å². The number of nitrogens with zero attached hydrogens (tertiary/aromatic N) is 2. The molecule has 0 aliphatic heterocycles. The van der Waals surface area contributed by atoms with Crippen LogP contribution in [-0.2, 0) is 9.59 Å². The summed E-state index contributed by atoms with van der Waals surface area (Å²) in [5.74, 6) is 0.280. The first-order valence-electron chi connectivity index (χ1n) is 5.64. The monoisotopic (exact) mass is 250 g/mol. The number of carbonyl (C=O) groups is 2. The molecule has 0 radical (unpaired) electrons. The van der Waals surface area contributed by atoms with E-state index in [0.717, 1.165) is 0 Å². The van der Waals surface area contributed by atoms with E-state index in [2.05, 4.69) is 6.58 Å². The van der Waals surface area contributed by atoms with Gasteiger partial charge < -0.3 is 14.2 Å². The highest BCUT2D eigenvalue weighted by atomic mass is 16.3. The standard InChI is InChI=1S/C13H18N2O3/c1-5-12(16)14(3)9-13(17)15(4)10(2)11-7-6-8-18-11/h5-8,10H,1,9H2,2-4H3. The Hall–Kier alpha value is -2.04. The summed E-state index contributed by atoms with van der Waals surface area (Å²) in [6.07, 6.45) is 2.75. The second-order valence-corrected chi connectivity index (χ2v) is 4.09. The Bertz CT molecular complexity index is 425. The normalized spacial score (nSPS) is 11.7. The highest BCUT2D eigenvalue weighted by Crippen LogP contribution is 2.18. The van der Waals surface area contributed by atoms with Crippen LogP contribution in [0.1, 0.15) is 18.7 Å². The number of rotatable bonds is 5. The van der Waals surface area contributed by atoms with Crippen LogP contribution in [0.3, 0.4) is 0 Å². The average Bonchev–Trinajstić information content (AvgIpc) is 2.89. The molecule has 98 valence electrons. The number of likely N-dealkylation sites (N-methyl/N-ethyl adjacent to an activating group) is 2. The van der Waals surface area contributed by atoms with Crippen LogP contribution in [0, 0.1) is 0 Å². The maximum Gasteiger partial charge on any atom is 0.246 e. The summed E-state index contributed by atoms with van der Waals surface area (Å²) in [7, 11) is 3.25. The minimum absolute atomic E-state index is 0.0202. The van der Waals surface area contributed by atoms with Crippen molar-refractivity contribution in [3.05, 3.63) is 36.8 Å². The predicted molar refractivity (Wildman–Crippen MR) is 67.7 cm³/mol. The van der Waals surface area contributed by atoms with Crippen molar-refractivity contribution in [3.63, 3.8) is 0 Å². The molecule has 1 unspecified atom stereocenters. The molecular formula is C13H18N2O3. The minimum Gasteiger partial charge on any atom is -0.467 e. The summed E-state index contributed by atoms with van der Waals surface area (Å²) in [6.45, 7) is 5.27. The molecule has 5 nitrogen and oxygen atoms in total. The van der Waals surface area contributed by atoms with Gasteiger partial charge in [-0.1, -0.05) is 6.58 Å². The molecule has 1 aromatic rings. The third-order valence-electron chi connectivity index (χ3n) is 2.85. The zero-order chi connectivity index (χ0) is 13.7. The van der Waals surface area contributed by atoms with E-state index in [1.807, 2.05) is 13.0 Å². The van der Waals surface area contributed by atoms with Crippen molar-refractivity contribution in [1.29, 1.82) is 0 Å². The molecule has 0 aliphatic carbocycles. The minimum atomic E-state index is -0.276. The van der Waals surface area contributed by atoms with Crippen LogP contribution in [0.4, 0.5) is 0 Å². The summed E-state index contributed by atoms with van der Waals surface area (Å²) in [6, 6.07) is 3.42. The summed E-state index contributed by atoms with van der Waals surface area (Å²) in [5.41, 5.74) is 0. The molecule has 1 rings (SSSR count). The van der Waals surface area contributed by atoms with Crippen LogP contribution >= 0.6 is 0 Å². The Labute approximate surface area is 107 Å². The van der Waals surface area contributed by atoms with E-state index in [0.29, 0.717) is 5.76 Å². The maximum absolute atomic E-state index is 12.0. The third kappa shape index (κ3) is 3.23. The van der Waals surface area contributed by atoms with Crippen LogP contribution in [-0.4, -0.2) is 42.3 Å². The number of carbonyl (C=O) groups excluding carboxylic acids is 2. The zero-order valence-corrected chi connectivity index (χ0v) is 10.9. The van der Waals surface area contributed by atoms with Crippen molar-refractivity contribution in [2.45, 2.75) is 13.0 Å². The molecule has 5 heteroatoms. The van der Waals surface area contributed by atoms with E-state index in [-0.39, 0.29) is 24.4 Å². The Morgan fingerprint density at radius 3 is 2.67 bits per heavy atom. The molecule has 0 N–H and O–H groups in total. The van der Waals surface area contributed by atoms with Gasteiger partial charge in [0.25, 0.3) is 0 Å². The molecule has 0 fully saturated rings. The van der Waals surface area contributed by atoms with Crippen LogP contribution < -0.4 is 0 Å². The summed E-state index contributed by atoms with van der Waals surface area (Å²) >= 11 is 0. The fraction of sp³-hybridized carbons (Fsp3) is 0.385. The molecule has 0 saturated carbocycles. The summed E-state index contributed by atoms with van der Waals surface area (Å²) in [5, 5.41) is 0. The molecule has 0 aromatic carbocycles. The second-order valence-electron chi connectivity index (χ2n) is 4.09. The molecule has 0 bridgehead atoms. The molecule has 2 amide bonds. The van der Waals surface area contributed by atoms with Gasteiger partial charge in [0, 0.05) is 14.1 Å². The van der Waals surface area contributed by atoms with Gasteiger partial charge in [0.1, 0.15) is 5.76 Å². The van der Waals surface area contributed by atoms with Gasteiger partial charge in [0.15, 0.2) is 0 Å². The smallest absolute Gasteiger partial charge is 0.246 e. The van der Waals surface area contributed by atoms with Crippen LogP contribution in [0.5, 0.6) is 0 Å². The first-order chi connectivity index (χ1) is 8.47. The molecule has 18 heavy (non-hydrogen) atoms. The maximum atomic E-state index is 12.0. The van der Waals surface area contributed by atoms with Crippen LogP contribution in [0.25, 0.3) is 0 Å². The van der Waals surface area contributed by atoms with Crippen molar-refractivity contribution in [3.8, 4) is 0 Å². The summed E-state index contributed by atoms with van der Waals surface area (Å²) < 4.78 is 5.25. The lowest BCUT2D eigenvalue weighted by Gasteiger charge is -2.25. The van der Waals surface area contributed by atoms with Crippen molar-refractivity contribution >= 4 is 11.8 Å². The molecule has 0 aliphatic rings. The Morgan fingerprint density at radius 1 is 1.50 bits per heavy atom. The largest absolute Gasteiger partial charge is 0.467 e. The van der Waals surface area contributed by atoms with Gasteiger partial charge in [-0.15, -0.1) is 0 Å². The highest BCUT2D eigenvalue weighted by molar-refractivity contribution is 5.90. The van der Waals surface area contributed by atoms with Gasteiger partial charge in [-0.25, -0.2) is 0 Å². The average molecular weight is 250 g/mol. The van der Waals surface area contributed by atoms with Gasteiger partial charge >= 0.3 is 0 Å². The lowest BCUT2D eigenvalue weighted by molar-refractivity contribution is -0.137. The van der Waals surface area contributed by atoms with Gasteiger partial charge in [0.05, 0.1) is 18.8 Å². The first kappa shape index (κ1) is 14.0. The summed E-state index contributed by atoms with van der Waals surface area (Å²) in [4.78, 5) is 26.1. The van der Waals surface area contributed by atoms with Crippen molar-refractivity contribution in [2.24, 2.45) is 0 Å². The molecule has 1 aromatic heterocycles. The molecule has 0 saturated heterocycles. The first-order valence-corrected chi connectivity index (χ1v) is 5.64. The molecule has 0 spiro atoms. The SMILES string of the molecule is C=CC(=O)N(C)CC(=O)N(C)C(C)c1ccco1. The van der Waals surface area contributed by atoms with Crippen LogP contribution in [0.2, 0.25) is 0 Å². The number of hydrogen-bond donors (Lipinski definition) is 0. The fourth-order valence-corrected chi connectivity index (χ4v) is 1.48. The van der Waals surface area contributed by atoms with Crippen molar-refractivity contribution < 1.29 is 14.0 Å². The number of hydrogen-bond acceptors (Lipinski definition) is 3. The quantitative estimate of drug-likeness (QED) is 0.743. The Morgan fingerprint density at radius 2 is 2.17 bits per heavy atom. The van der Waals surface area contributed by atoms with Crippen LogP contribution in [0.15, 0.2) is 35.5 Å². The fourth-order valence-electron chi connectivity index (χ4n) is 1.48. The number of amides is 2.